The summed E-state index contributed by atoms with van der Waals surface area (Å²) in [6, 6.07) is 33.6. The summed E-state index contributed by atoms with van der Waals surface area (Å²) in [7, 11) is -4.21. The predicted molar refractivity (Wildman–Crippen MR) is 155 cm³/mol. The van der Waals surface area contributed by atoms with Gasteiger partial charge in [0.15, 0.2) is 4.91 Å². The summed E-state index contributed by atoms with van der Waals surface area (Å²) >= 11 is 0. The standard InChI is InChI=1S/C32H30N2O4S/c1-2-24-17-19-27(20-18-24)38-22-21-33-32(35)31-30(26-13-7-4-8-14-26)28-15-9-10-16-29(28)34(39(31,36)37)23-25-11-5-3-6-12-25/h3-20H,2,21-23H2,1H3,(H,33,35). The van der Waals surface area contributed by atoms with Crippen molar-refractivity contribution in [2.45, 2.75) is 19.9 Å². The zero-order valence-electron chi connectivity index (χ0n) is 21.7. The molecule has 0 fully saturated rings. The summed E-state index contributed by atoms with van der Waals surface area (Å²) in [5.74, 6) is 0.0326. The minimum Gasteiger partial charge on any atom is -0.492 e. The van der Waals surface area contributed by atoms with Crippen LogP contribution in [0.1, 0.15) is 29.2 Å². The number of para-hydroxylation sites is 1. The van der Waals surface area contributed by atoms with Gasteiger partial charge < -0.3 is 10.1 Å². The van der Waals surface area contributed by atoms with Crippen LogP contribution in [0.4, 0.5) is 5.69 Å². The van der Waals surface area contributed by atoms with Crippen molar-refractivity contribution >= 4 is 27.2 Å². The number of amides is 1. The van der Waals surface area contributed by atoms with Crippen LogP contribution in [0, 0.1) is 0 Å². The monoisotopic (exact) mass is 538 g/mol. The highest BCUT2D eigenvalue weighted by Crippen LogP contribution is 2.43. The molecular weight excluding hydrogens is 508 g/mol. The zero-order valence-corrected chi connectivity index (χ0v) is 22.5. The molecule has 0 radical (unpaired) electrons. The molecule has 198 valence electrons. The molecule has 0 aliphatic carbocycles. The molecule has 1 aliphatic heterocycles. The van der Waals surface area contributed by atoms with Gasteiger partial charge in [-0.05, 0) is 41.3 Å². The van der Waals surface area contributed by atoms with Crippen molar-refractivity contribution in [3.63, 3.8) is 0 Å². The Morgan fingerprint density at radius 1 is 0.795 bits per heavy atom. The molecule has 4 aromatic rings. The first-order valence-electron chi connectivity index (χ1n) is 12.9. The van der Waals surface area contributed by atoms with Gasteiger partial charge in [0.1, 0.15) is 12.4 Å². The van der Waals surface area contributed by atoms with E-state index in [-0.39, 0.29) is 24.6 Å². The summed E-state index contributed by atoms with van der Waals surface area (Å²) in [6.07, 6.45) is 0.939. The highest BCUT2D eigenvalue weighted by molar-refractivity contribution is 7.97. The molecule has 4 aromatic carbocycles. The SMILES string of the molecule is CCc1ccc(OCCNC(=O)C2=C(c3ccccc3)c3ccccc3N(Cc3ccccc3)S2(=O)=O)cc1. The van der Waals surface area contributed by atoms with Gasteiger partial charge in [0.05, 0.1) is 18.8 Å². The van der Waals surface area contributed by atoms with Crippen LogP contribution in [-0.2, 0) is 27.8 Å². The number of fused-ring (bicyclic) bond motifs is 1. The Hall–Kier alpha value is -4.36. The summed E-state index contributed by atoms with van der Waals surface area (Å²) < 4.78 is 35.5. The molecule has 0 unspecified atom stereocenters. The van der Waals surface area contributed by atoms with Gasteiger partial charge in [-0.1, -0.05) is 97.9 Å². The zero-order chi connectivity index (χ0) is 27.2. The first-order chi connectivity index (χ1) is 19.0. The largest absolute Gasteiger partial charge is 0.492 e. The molecule has 1 aliphatic rings. The number of hydrogen-bond acceptors (Lipinski definition) is 4. The molecular formula is C32H30N2O4S. The molecule has 0 spiro atoms. The molecule has 0 saturated carbocycles. The first kappa shape index (κ1) is 26.3. The second kappa shape index (κ2) is 11.6. The minimum absolute atomic E-state index is 0.107. The van der Waals surface area contributed by atoms with Crippen molar-refractivity contribution in [3.8, 4) is 5.75 Å². The van der Waals surface area contributed by atoms with Crippen LogP contribution in [0.2, 0.25) is 0 Å². The van der Waals surface area contributed by atoms with E-state index in [2.05, 4.69) is 12.2 Å². The van der Waals surface area contributed by atoms with E-state index in [1.807, 2.05) is 103 Å². The van der Waals surface area contributed by atoms with E-state index in [4.69, 9.17) is 4.74 Å². The molecule has 1 amide bonds. The Morgan fingerprint density at radius 3 is 2.13 bits per heavy atom. The molecule has 5 rings (SSSR count). The van der Waals surface area contributed by atoms with E-state index in [0.717, 1.165) is 12.0 Å². The number of rotatable bonds is 9. The van der Waals surface area contributed by atoms with Crippen LogP contribution < -0.4 is 14.4 Å². The van der Waals surface area contributed by atoms with Crippen molar-refractivity contribution in [3.05, 3.63) is 136 Å². The van der Waals surface area contributed by atoms with E-state index in [9.17, 15) is 13.2 Å². The van der Waals surface area contributed by atoms with E-state index in [1.165, 1.54) is 9.87 Å². The molecule has 39 heavy (non-hydrogen) atoms. The van der Waals surface area contributed by atoms with Gasteiger partial charge in [0, 0.05) is 11.1 Å². The molecule has 0 bridgehead atoms. The van der Waals surface area contributed by atoms with Crippen molar-refractivity contribution in [2.75, 3.05) is 17.5 Å². The number of anilines is 1. The summed E-state index contributed by atoms with van der Waals surface area (Å²) in [4.78, 5) is 13.4. The smallest absolute Gasteiger partial charge is 0.270 e. The Kier molecular flexibility index (Phi) is 7.79. The lowest BCUT2D eigenvalue weighted by molar-refractivity contribution is -0.116. The number of nitrogens with zero attached hydrogens (tertiary/aromatic N) is 1. The maximum absolute atomic E-state index is 14.2. The number of benzene rings is 4. The van der Waals surface area contributed by atoms with Crippen LogP contribution in [-0.4, -0.2) is 27.5 Å². The van der Waals surface area contributed by atoms with Crippen molar-refractivity contribution in [1.29, 1.82) is 0 Å². The Bertz CT molecular complexity index is 1580. The number of nitrogens with one attached hydrogen (secondary N) is 1. The van der Waals surface area contributed by atoms with E-state index in [0.29, 0.717) is 28.1 Å². The summed E-state index contributed by atoms with van der Waals surface area (Å²) in [6.45, 7) is 2.55. The van der Waals surface area contributed by atoms with E-state index < -0.39 is 15.9 Å². The fourth-order valence-electron chi connectivity index (χ4n) is 4.67. The Labute approximate surface area is 229 Å². The minimum atomic E-state index is -4.21. The fraction of sp³-hybridized carbons (Fsp3) is 0.156. The van der Waals surface area contributed by atoms with Gasteiger partial charge in [-0.25, -0.2) is 8.42 Å². The molecule has 0 saturated heterocycles. The lowest BCUT2D eigenvalue weighted by Crippen LogP contribution is -2.42. The van der Waals surface area contributed by atoms with E-state index >= 15 is 0 Å². The van der Waals surface area contributed by atoms with Crippen molar-refractivity contribution < 1.29 is 17.9 Å². The van der Waals surface area contributed by atoms with Crippen molar-refractivity contribution in [1.82, 2.24) is 5.32 Å². The number of hydrogen-bond donors (Lipinski definition) is 1. The highest BCUT2D eigenvalue weighted by atomic mass is 32.2. The van der Waals surface area contributed by atoms with Crippen molar-refractivity contribution in [2.24, 2.45) is 0 Å². The van der Waals surface area contributed by atoms with Gasteiger partial charge in [-0.15, -0.1) is 0 Å². The highest BCUT2D eigenvalue weighted by Gasteiger charge is 2.41. The second-order valence-corrected chi connectivity index (χ2v) is 11.0. The van der Waals surface area contributed by atoms with Gasteiger partial charge in [-0.2, -0.15) is 0 Å². The normalized spacial score (nSPS) is 14.0. The summed E-state index contributed by atoms with van der Waals surface area (Å²) in [5.41, 5.74) is 4.30. The molecule has 7 heteroatoms. The third-order valence-corrected chi connectivity index (χ3v) is 8.45. The van der Waals surface area contributed by atoms with E-state index in [1.54, 1.807) is 6.07 Å². The number of sulfonamides is 1. The quantitative estimate of drug-likeness (QED) is 0.284. The fourth-order valence-corrected chi connectivity index (χ4v) is 6.42. The molecule has 6 nitrogen and oxygen atoms in total. The summed E-state index contributed by atoms with van der Waals surface area (Å²) in [5, 5.41) is 2.79. The van der Waals surface area contributed by atoms with Crippen LogP contribution in [0.3, 0.4) is 0 Å². The number of ether oxygens (including phenoxy) is 1. The van der Waals surface area contributed by atoms with Crippen LogP contribution in [0.15, 0.2) is 114 Å². The average molecular weight is 539 g/mol. The van der Waals surface area contributed by atoms with Crippen LogP contribution >= 0.6 is 0 Å². The Morgan fingerprint density at radius 2 is 1.44 bits per heavy atom. The molecule has 0 aromatic heterocycles. The van der Waals surface area contributed by atoms with Gasteiger partial charge in [0.25, 0.3) is 15.9 Å². The predicted octanol–water partition coefficient (Wildman–Crippen LogP) is 5.55. The third kappa shape index (κ3) is 5.59. The van der Waals surface area contributed by atoms with Crippen LogP contribution in [0.25, 0.3) is 5.57 Å². The third-order valence-electron chi connectivity index (χ3n) is 6.64. The maximum atomic E-state index is 14.2. The number of aryl methyl sites for hydroxylation is 1. The van der Waals surface area contributed by atoms with Gasteiger partial charge in [0.2, 0.25) is 0 Å². The second-order valence-electron chi connectivity index (χ2n) is 9.19. The Balaban J connectivity index is 1.49. The first-order valence-corrected chi connectivity index (χ1v) is 14.4. The maximum Gasteiger partial charge on any atom is 0.270 e. The van der Waals surface area contributed by atoms with Gasteiger partial charge in [-0.3, -0.25) is 9.10 Å². The lowest BCUT2D eigenvalue weighted by atomic mass is 9.95. The number of carbonyl (C=O) groups excluding carboxylic acids is 1. The molecule has 0 atom stereocenters. The average Bonchev–Trinajstić information content (AvgIpc) is 2.97. The molecule has 1 N–H and O–H groups in total. The lowest BCUT2D eigenvalue weighted by Gasteiger charge is -2.33. The number of carbonyl (C=O) groups is 1. The van der Waals surface area contributed by atoms with Crippen LogP contribution in [0.5, 0.6) is 5.75 Å². The topological polar surface area (TPSA) is 75.7 Å². The van der Waals surface area contributed by atoms with Gasteiger partial charge >= 0.3 is 0 Å². The molecule has 1 heterocycles.